The van der Waals surface area contributed by atoms with Gasteiger partial charge in [-0.3, -0.25) is 9.89 Å². The molecule has 0 aliphatic carbocycles. The van der Waals surface area contributed by atoms with Crippen LogP contribution >= 0.6 is 0 Å². The Bertz CT molecular complexity index is 749. The summed E-state index contributed by atoms with van der Waals surface area (Å²) in [5.74, 6) is 1.60. The van der Waals surface area contributed by atoms with Gasteiger partial charge in [-0.25, -0.2) is 8.42 Å². The second-order valence-corrected chi connectivity index (χ2v) is 9.42. The zero-order valence-corrected chi connectivity index (χ0v) is 18.5. The van der Waals surface area contributed by atoms with Crippen molar-refractivity contribution in [2.75, 3.05) is 65.6 Å². The zero-order valence-electron chi connectivity index (χ0n) is 17.7. The van der Waals surface area contributed by atoms with Crippen LogP contribution in [0, 0.1) is 0 Å². The minimum absolute atomic E-state index is 0.0397. The molecule has 0 amide bonds. The highest BCUT2D eigenvalue weighted by molar-refractivity contribution is 7.90. The van der Waals surface area contributed by atoms with Gasteiger partial charge in [0.15, 0.2) is 5.96 Å². The molecule has 0 aromatic heterocycles. The fraction of sp³-hybridized carbons (Fsp3) is 0.650. The molecule has 0 spiro atoms. The van der Waals surface area contributed by atoms with Gasteiger partial charge < -0.3 is 20.1 Å². The van der Waals surface area contributed by atoms with Gasteiger partial charge in [-0.15, -0.1) is 0 Å². The molecule has 1 aromatic carbocycles. The Morgan fingerprint density at radius 3 is 2.66 bits per heavy atom. The molecule has 29 heavy (non-hydrogen) atoms. The maximum atomic E-state index is 11.1. The average molecular weight is 427 g/mol. The van der Waals surface area contributed by atoms with Gasteiger partial charge in [0, 0.05) is 26.4 Å². The number of likely N-dealkylation sites (tertiary alicyclic amines) is 1. The predicted octanol–water partition coefficient (Wildman–Crippen LogP) is 1.06. The standard InChI is InChI=1S/C20H34N4O4S/c1-21-20(22-9-12-28-13-14-29(3,25)26)23-16-19(24-10-4-5-11-24)17-7-6-8-18(15-17)27-2/h6-8,15,19H,4-5,9-14,16H2,1-3H3,(H2,21,22,23). The summed E-state index contributed by atoms with van der Waals surface area (Å²) in [6, 6.07) is 8.45. The highest BCUT2D eigenvalue weighted by atomic mass is 32.2. The number of hydrogen-bond acceptors (Lipinski definition) is 6. The minimum atomic E-state index is -2.99. The lowest BCUT2D eigenvalue weighted by atomic mass is 10.1. The molecule has 1 aromatic rings. The minimum Gasteiger partial charge on any atom is -0.497 e. The molecule has 1 aliphatic rings. The molecule has 1 fully saturated rings. The normalized spacial score (nSPS) is 16.6. The third-order valence-corrected chi connectivity index (χ3v) is 5.79. The Morgan fingerprint density at radius 1 is 1.24 bits per heavy atom. The van der Waals surface area contributed by atoms with E-state index in [-0.39, 0.29) is 18.4 Å². The molecule has 2 rings (SSSR count). The number of ether oxygens (including phenoxy) is 2. The molecule has 2 N–H and O–H groups in total. The van der Waals surface area contributed by atoms with Crippen LogP contribution in [0.5, 0.6) is 5.75 Å². The van der Waals surface area contributed by atoms with Crippen LogP contribution < -0.4 is 15.4 Å². The van der Waals surface area contributed by atoms with Crippen molar-refractivity contribution in [1.82, 2.24) is 15.5 Å². The van der Waals surface area contributed by atoms with Crippen molar-refractivity contribution in [1.29, 1.82) is 0 Å². The van der Waals surface area contributed by atoms with Crippen LogP contribution in [0.4, 0.5) is 0 Å². The number of nitrogens with zero attached hydrogens (tertiary/aromatic N) is 2. The second-order valence-electron chi connectivity index (χ2n) is 7.16. The summed E-state index contributed by atoms with van der Waals surface area (Å²) in [5, 5.41) is 6.61. The number of sulfone groups is 1. The molecule has 8 nitrogen and oxygen atoms in total. The van der Waals surface area contributed by atoms with E-state index < -0.39 is 9.84 Å². The topological polar surface area (TPSA) is 92.3 Å². The van der Waals surface area contributed by atoms with E-state index in [1.807, 2.05) is 12.1 Å². The number of guanidine groups is 1. The number of benzene rings is 1. The summed E-state index contributed by atoms with van der Waals surface area (Å²) in [5.41, 5.74) is 1.22. The SMILES string of the molecule is CN=C(NCCOCCS(C)(=O)=O)NCC(c1cccc(OC)c1)N1CCCC1. The Labute approximate surface area is 174 Å². The highest BCUT2D eigenvalue weighted by Gasteiger charge is 2.24. The summed E-state index contributed by atoms with van der Waals surface area (Å²) in [6.07, 6.45) is 3.65. The van der Waals surface area contributed by atoms with Gasteiger partial charge in [0.25, 0.3) is 0 Å². The second kappa shape index (κ2) is 12.0. The monoisotopic (exact) mass is 426 g/mol. The van der Waals surface area contributed by atoms with E-state index in [0.717, 1.165) is 25.4 Å². The Balaban J connectivity index is 1.84. The van der Waals surface area contributed by atoms with Crippen molar-refractivity contribution in [3.63, 3.8) is 0 Å². The molecule has 0 bridgehead atoms. The molecule has 1 unspecified atom stereocenters. The van der Waals surface area contributed by atoms with Crippen LogP contribution in [0.3, 0.4) is 0 Å². The first kappa shape index (κ1) is 23.4. The van der Waals surface area contributed by atoms with Crippen molar-refractivity contribution in [3.05, 3.63) is 29.8 Å². The smallest absolute Gasteiger partial charge is 0.191 e. The van der Waals surface area contributed by atoms with Crippen molar-refractivity contribution in [3.8, 4) is 5.75 Å². The first-order valence-corrected chi connectivity index (χ1v) is 12.1. The number of rotatable bonds is 11. The lowest BCUT2D eigenvalue weighted by Crippen LogP contribution is -2.43. The largest absolute Gasteiger partial charge is 0.497 e. The summed E-state index contributed by atoms with van der Waals surface area (Å²) in [6.45, 7) is 4.08. The van der Waals surface area contributed by atoms with Crippen LogP contribution in [-0.2, 0) is 14.6 Å². The fourth-order valence-corrected chi connectivity index (χ4v) is 3.75. The zero-order chi connectivity index (χ0) is 21.1. The average Bonchev–Trinajstić information content (AvgIpc) is 3.23. The number of hydrogen-bond donors (Lipinski definition) is 2. The van der Waals surface area contributed by atoms with Gasteiger partial charge in [0.1, 0.15) is 15.6 Å². The molecule has 9 heteroatoms. The van der Waals surface area contributed by atoms with Gasteiger partial charge in [0.2, 0.25) is 0 Å². The fourth-order valence-electron chi connectivity index (χ4n) is 3.33. The third kappa shape index (κ3) is 8.59. The first-order chi connectivity index (χ1) is 13.9. The molecule has 1 atom stereocenters. The lowest BCUT2D eigenvalue weighted by molar-refractivity contribution is 0.154. The highest BCUT2D eigenvalue weighted by Crippen LogP contribution is 2.27. The Hall–Kier alpha value is -1.84. The Kier molecular flexibility index (Phi) is 9.69. The van der Waals surface area contributed by atoms with Crippen molar-refractivity contribution in [2.24, 2.45) is 4.99 Å². The lowest BCUT2D eigenvalue weighted by Gasteiger charge is -2.29. The summed E-state index contributed by atoms with van der Waals surface area (Å²) in [4.78, 5) is 6.76. The quantitative estimate of drug-likeness (QED) is 0.310. The van der Waals surface area contributed by atoms with E-state index in [0.29, 0.717) is 19.1 Å². The maximum absolute atomic E-state index is 11.1. The number of nitrogens with one attached hydrogen (secondary N) is 2. The van der Waals surface area contributed by atoms with Gasteiger partial charge in [-0.1, -0.05) is 12.1 Å². The molecule has 1 saturated heterocycles. The molecule has 0 saturated carbocycles. The van der Waals surface area contributed by atoms with Crippen molar-refractivity contribution >= 4 is 15.8 Å². The van der Waals surface area contributed by atoms with Gasteiger partial charge >= 0.3 is 0 Å². The summed E-state index contributed by atoms with van der Waals surface area (Å²) >= 11 is 0. The van der Waals surface area contributed by atoms with Crippen LogP contribution in [-0.4, -0.2) is 84.8 Å². The van der Waals surface area contributed by atoms with Crippen LogP contribution in [0.15, 0.2) is 29.3 Å². The number of methoxy groups -OCH3 is 1. The van der Waals surface area contributed by atoms with E-state index >= 15 is 0 Å². The molecular weight excluding hydrogens is 392 g/mol. The third-order valence-electron chi connectivity index (χ3n) is 4.88. The van der Waals surface area contributed by atoms with E-state index in [9.17, 15) is 8.42 Å². The van der Waals surface area contributed by atoms with Crippen molar-refractivity contribution < 1.29 is 17.9 Å². The number of aliphatic imine (C=N–C) groups is 1. The van der Waals surface area contributed by atoms with E-state index in [2.05, 4.69) is 32.7 Å². The molecule has 1 aliphatic heterocycles. The molecule has 1 heterocycles. The predicted molar refractivity (Wildman–Crippen MR) is 116 cm³/mol. The van der Waals surface area contributed by atoms with Crippen molar-refractivity contribution in [2.45, 2.75) is 18.9 Å². The maximum Gasteiger partial charge on any atom is 0.191 e. The van der Waals surface area contributed by atoms with Gasteiger partial charge in [-0.2, -0.15) is 0 Å². The first-order valence-electron chi connectivity index (χ1n) is 10.0. The molecule has 0 radical (unpaired) electrons. The summed E-state index contributed by atoms with van der Waals surface area (Å²) < 4.78 is 32.9. The van der Waals surface area contributed by atoms with Gasteiger partial charge in [-0.05, 0) is 43.6 Å². The summed E-state index contributed by atoms with van der Waals surface area (Å²) in [7, 11) is 0.434. The molecule has 164 valence electrons. The van der Waals surface area contributed by atoms with Crippen LogP contribution in [0.25, 0.3) is 0 Å². The van der Waals surface area contributed by atoms with Crippen LogP contribution in [0.2, 0.25) is 0 Å². The van der Waals surface area contributed by atoms with E-state index in [1.165, 1.54) is 24.7 Å². The molecular formula is C20H34N4O4S. The van der Waals surface area contributed by atoms with Gasteiger partial charge in [0.05, 0.1) is 32.1 Å². The van der Waals surface area contributed by atoms with E-state index in [1.54, 1.807) is 14.2 Å². The van der Waals surface area contributed by atoms with Crippen LogP contribution in [0.1, 0.15) is 24.4 Å². The van der Waals surface area contributed by atoms with E-state index in [4.69, 9.17) is 9.47 Å². The Morgan fingerprint density at radius 2 is 2.00 bits per heavy atom.